The lowest BCUT2D eigenvalue weighted by Gasteiger charge is -2.39. The highest BCUT2D eigenvalue weighted by Gasteiger charge is 2.36. The van der Waals surface area contributed by atoms with Crippen molar-refractivity contribution >= 4 is 5.91 Å². The van der Waals surface area contributed by atoms with Crippen molar-refractivity contribution in [1.82, 2.24) is 20.0 Å². The Morgan fingerprint density at radius 3 is 2.88 bits per heavy atom. The van der Waals surface area contributed by atoms with Crippen LogP contribution in [0.15, 0.2) is 30.6 Å². The third-order valence-electron chi connectivity index (χ3n) is 5.86. The summed E-state index contributed by atoms with van der Waals surface area (Å²) in [6, 6.07) is 5.42. The van der Waals surface area contributed by atoms with Gasteiger partial charge >= 0.3 is 0 Å². The molecule has 1 fully saturated rings. The van der Waals surface area contributed by atoms with Crippen molar-refractivity contribution in [3.63, 3.8) is 0 Å². The van der Waals surface area contributed by atoms with Crippen molar-refractivity contribution in [3.8, 4) is 0 Å². The quantitative estimate of drug-likeness (QED) is 0.916. The fourth-order valence-corrected chi connectivity index (χ4v) is 4.51. The number of piperidine rings is 1. The predicted octanol–water partition coefficient (Wildman–Crippen LogP) is 2.75. The van der Waals surface area contributed by atoms with Gasteiger partial charge in [0.25, 0.3) is 0 Å². The Kier molecular flexibility index (Phi) is 4.53. The average molecular weight is 356 g/mol. The van der Waals surface area contributed by atoms with E-state index in [0.29, 0.717) is 12.3 Å². The minimum atomic E-state index is -0.159. The summed E-state index contributed by atoms with van der Waals surface area (Å²) in [7, 11) is 3.79. The van der Waals surface area contributed by atoms with E-state index in [1.807, 2.05) is 37.5 Å². The third kappa shape index (κ3) is 3.14. The Morgan fingerprint density at radius 1 is 1.27 bits per heavy atom. The van der Waals surface area contributed by atoms with Gasteiger partial charge < -0.3 is 10.2 Å². The zero-order valence-electron chi connectivity index (χ0n) is 15.3. The number of nitrogens with zero attached hydrogens (tertiary/aromatic N) is 3. The van der Waals surface area contributed by atoms with Crippen LogP contribution < -0.4 is 5.32 Å². The van der Waals surface area contributed by atoms with Crippen LogP contribution in [0.2, 0.25) is 0 Å². The summed E-state index contributed by atoms with van der Waals surface area (Å²) < 4.78 is 15.2. The van der Waals surface area contributed by atoms with Crippen LogP contribution >= 0.6 is 0 Å². The molecule has 1 unspecified atom stereocenters. The second-order valence-corrected chi connectivity index (χ2v) is 7.54. The number of nitrogens with one attached hydrogen (secondary N) is 1. The number of amides is 1. The van der Waals surface area contributed by atoms with Gasteiger partial charge in [0.1, 0.15) is 5.82 Å². The SMILES string of the molecule is CN1C(=O)CC[C@H](CNC2CCc3cc(F)ccc32)[C@H]1c1cnn(C)c1. The van der Waals surface area contributed by atoms with Crippen LogP contribution in [-0.2, 0) is 18.3 Å². The van der Waals surface area contributed by atoms with E-state index < -0.39 is 0 Å². The molecule has 6 heteroatoms. The molecular formula is C20H25FN4O. The Morgan fingerprint density at radius 2 is 2.12 bits per heavy atom. The number of aryl methyl sites for hydroxylation is 2. The molecule has 138 valence electrons. The number of aromatic nitrogens is 2. The Bertz CT molecular complexity index is 818. The zero-order chi connectivity index (χ0) is 18.3. The van der Waals surface area contributed by atoms with Crippen LogP contribution in [0.3, 0.4) is 0 Å². The minimum Gasteiger partial charge on any atom is -0.338 e. The molecule has 2 aliphatic rings. The van der Waals surface area contributed by atoms with Crippen molar-refractivity contribution in [3.05, 3.63) is 53.1 Å². The lowest BCUT2D eigenvalue weighted by atomic mass is 9.85. The van der Waals surface area contributed by atoms with Crippen molar-refractivity contribution in [2.24, 2.45) is 13.0 Å². The number of likely N-dealkylation sites (tertiary alicyclic amines) is 1. The second-order valence-electron chi connectivity index (χ2n) is 7.54. The first-order valence-corrected chi connectivity index (χ1v) is 9.29. The number of benzene rings is 1. The molecule has 1 aliphatic carbocycles. The summed E-state index contributed by atoms with van der Waals surface area (Å²) in [5.74, 6) is 0.372. The molecule has 0 radical (unpaired) electrons. The van der Waals surface area contributed by atoms with E-state index in [-0.39, 0.29) is 23.8 Å². The van der Waals surface area contributed by atoms with Gasteiger partial charge in [-0.15, -0.1) is 0 Å². The molecule has 1 aromatic heterocycles. The predicted molar refractivity (Wildman–Crippen MR) is 96.9 cm³/mol. The van der Waals surface area contributed by atoms with Crippen molar-refractivity contribution in [2.45, 2.75) is 37.8 Å². The molecule has 0 spiro atoms. The molecule has 2 aromatic rings. The first-order chi connectivity index (χ1) is 12.5. The van der Waals surface area contributed by atoms with Gasteiger partial charge in [0.2, 0.25) is 5.91 Å². The Labute approximate surface area is 153 Å². The maximum Gasteiger partial charge on any atom is 0.222 e. The molecule has 26 heavy (non-hydrogen) atoms. The van der Waals surface area contributed by atoms with E-state index in [1.54, 1.807) is 16.8 Å². The van der Waals surface area contributed by atoms with E-state index >= 15 is 0 Å². The van der Waals surface area contributed by atoms with Gasteiger partial charge in [-0.3, -0.25) is 9.48 Å². The fourth-order valence-electron chi connectivity index (χ4n) is 4.51. The second kappa shape index (κ2) is 6.83. The fraction of sp³-hybridized carbons (Fsp3) is 0.500. The minimum absolute atomic E-state index is 0.0477. The molecule has 1 amide bonds. The van der Waals surface area contributed by atoms with E-state index in [9.17, 15) is 9.18 Å². The third-order valence-corrected chi connectivity index (χ3v) is 5.86. The summed E-state index contributed by atoms with van der Waals surface area (Å²) in [4.78, 5) is 14.1. The lowest BCUT2D eigenvalue weighted by Crippen LogP contribution is -2.43. The number of hydrogen-bond acceptors (Lipinski definition) is 3. The molecule has 0 saturated carbocycles. The number of halogens is 1. The number of rotatable bonds is 4. The number of fused-ring (bicyclic) bond motifs is 1. The molecule has 1 saturated heterocycles. The molecule has 1 N–H and O–H groups in total. The number of carbonyl (C=O) groups is 1. The van der Waals surface area contributed by atoms with Crippen molar-refractivity contribution in [1.29, 1.82) is 0 Å². The first-order valence-electron chi connectivity index (χ1n) is 9.29. The number of carbonyl (C=O) groups excluding carboxylic acids is 1. The Balaban J connectivity index is 1.49. The smallest absolute Gasteiger partial charge is 0.222 e. The van der Waals surface area contributed by atoms with Crippen LogP contribution in [0.1, 0.15) is 48.0 Å². The summed E-state index contributed by atoms with van der Waals surface area (Å²) in [5, 5.41) is 7.97. The number of hydrogen-bond donors (Lipinski definition) is 1. The molecule has 1 aromatic carbocycles. The first kappa shape index (κ1) is 17.2. The molecule has 0 bridgehead atoms. The van der Waals surface area contributed by atoms with E-state index in [1.165, 1.54) is 5.56 Å². The van der Waals surface area contributed by atoms with Gasteiger partial charge in [-0.05, 0) is 48.4 Å². The molecule has 1 aliphatic heterocycles. The molecule has 2 heterocycles. The highest BCUT2D eigenvalue weighted by atomic mass is 19.1. The molecule has 5 nitrogen and oxygen atoms in total. The van der Waals surface area contributed by atoms with Crippen molar-refractivity contribution < 1.29 is 9.18 Å². The van der Waals surface area contributed by atoms with Gasteiger partial charge in [0.15, 0.2) is 0 Å². The topological polar surface area (TPSA) is 50.2 Å². The summed E-state index contributed by atoms with van der Waals surface area (Å²) in [6.07, 6.45) is 7.24. The van der Waals surface area contributed by atoms with Crippen molar-refractivity contribution in [2.75, 3.05) is 13.6 Å². The van der Waals surface area contributed by atoms with E-state index in [0.717, 1.165) is 36.9 Å². The highest BCUT2D eigenvalue weighted by Crippen LogP contribution is 2.37. The maximum absolute atomic E-state index is 13.4. The zero-order valence-corrected chi connectivity index (χ0v) is 15.3. The van der Waals surface area contributed by atoms with E-state index in [4.69, 9.17) is 0 Å². The van der Waals surface area contributed by atoms with Gasteiger partial charge in [-0.1, -0.05) is 6.07 Å². The largest absolute Gasteiger partial charge is 0.338 e. The molecule has 3 atom stereocenters. The standard InChI is InChI=1S/C20H25FN4O/c1-24-12-15(11-23-24)20-14(4-8-19(26)25(20)2)10-22-18-7-3-13-9-16(21)5-6-17(13)18/h5-6,9,11-12,14,18,20,22H,3-4,7-8,10H2,1-2H3/t14-,18?,20+/m1/s1. The summed E-state index contributed by atoms with van der Waals surface area (Å²) >= 11 is 0. The van der Waals surface area contributed by atoms with Crippen LogP contribution in [0, 0.1) is 11.7 Å². The van der Waals surface area contributed by atoms with Gasteiger partial charge in [-0.2, -0.15) is 5.10 Å². The highest BCUT2D eigenvalue weighted by molar-refractivity contribution is 5.77. The Hall–Kier alpha value is -2.21. The normalized spacial score (nSPS) is 25.6. The van der Waals surface area contributed by atoms with Gasteiger partial charge in [-0.25, -0.2) is 4.39 Å². The van der Waals surface area contributed by atoms with Crippen LogP contribution in [0.4, 0.5) is 4.39 Å². The summed E-state index contributed by atoms with van der Waals surface area (Å²) in [5.41, 5.74) is 3.41. The van der Waals surface area contributed by atoms with Gasteiger partial charge in [0, 0.05) is 44.9 Å². The van der Waals surface area contributed by atoms with Crippen LogP contribution in [0.5, 0.6) is 0 Å². The molecular weight excluding hydrogens is 331 g/mol. The molecule has 4 rings (SSSR count). The lowest BCUT2D eigenvalue weighted by molar-refractivity contribution is -0.137. The van der Waals surface area contributed by atoms with E-state index in [2.05, 4.69) is 10.4 Å². The maximum atomic E-state index is 13.4. The monoisotopic (exact) mass is 356 g/mol. The van der Waals surface area contributed by atoms with Crippen LogP contribution in [0.25, 0.3) is 0 Å². The summed E-state index contributed by atoms with van der Waals surface area (Å²) in [6.45, 7) is 0.832. The average Bonchev–Trinajstić information content (AvgIpc) is 3.21. The van der Waals surface area contributed by atoms with Crippen LogP contribution in [-0.4, -0.2) is 34.2 Å². The van der Waals surface area contributed by atoms with Gasteiger partial charge in [0.05, 0.1) is 12.2 Å².